The lowest BCUT2D eigenvalue weighted by Gasteiger charge is -2.39. The highest BCUT2D eigenvalue weighted by Gasteiger charge is 2.28. The van der Waals surface area contributed by atoms with Crippen LogP contribution in [0.2, 0.25) is 0 Å². The number of hydrogen-bond acceptors (Lipinski definition) is 5. The summed E-state index contributed by atoms with van der Waals surface area (Å²) in [4.78, 5) is 21.6. The third-order valence-electron chi connectivity index (χ3n) is 4.60. The van der Waals surface area contributed by atoms with E-state index in [1.165, 1.54) is 0 Å². The topological polar surface area (TPSA) is 42.1 Å². The van der Waals surface area contributed by atoms with Crippen LogP contribution in [-0.4, -0.2) is 111 Å². The molecule has 1 atom stereocenters. The highest BCUT2D eigenvalue weighted by atomic mass is 16.2. The van der Waals surface area contributed by atoms with Crippen LogP contribution in [0.25, 0.3) is 0 Å². The van der Waals surface area contributed by atoms with E-state index in [1.807, 2.05) is 0 Å². The van der Waals surface area contributed by atoms with Crippen molar-refractivity contribution in [1.29, 1.82) is 0 Å². The molecule has 0 aromatic heterocycles. The van der Waals surface area contributed by atoms with Crippen LogP contribution in [0.3, 0.4) is 0 Å². The number of piperazine rings is 2. The number of likely N-dealkylation sites (N-methyl/N-ethyl adjacent to an activating group) is 1. The fourth-order valence-electron chi connectivity index (χ4n) is 3.02. The first-order valence-electron chi connectivity index (χ1n) is 8.18. The number of rotatable bonds is 5. The summed E-state index contributed by atoms with van der Waals surface area (Å²) in [7, 11) is 4.21. The van der Waals surface area contributed by atoms with Crippen LogP contribution in [0.4, 0.5) is 0 Å². The van der Waals surface area contributed by atoms with Gasteiger partial charge in [-0.25, -0.2) is 0 Å². The van der Waals surface area contributed by atoms with Gasteiger partial charge in [0.2, 0.25) is 5.91 Å². The monoisotopic (exact) mass is 297 g/mol. The van der Waals surface area contributed by atoms with Crippen LogP contribution in [0.1, 0.15) is 6.92 Å². The number of nitrogens with zero attached hydrogens (tertiary/aromatic N) is 4. The van der Waals surface area contributed by atoms with Crippen molar-refractivity contribution in [3.05, 3.63) is 0 Å². The molecule has 6 nitrogen and oxygen atoms in total. The Kier molecular flexibility index (Phi) is 6.41. The van der Waals surface area contributed by atoms with Gasteiger partial charge in [0.25, 0.3) is 0 Å². The van der Waals surface area contributed by atoms with Gasteiger partial charge in [0.15, 0.2) is 0 Å². The number of carbonyl (C=O) groups is 1. The number of hydrogen-bond donors (Lipinski definition) is 1. The van der Waals surface area contributed by atoms with Crippen molar-refractivity contribution in [2.24, 2.45) is 0 Å². The molecule has 2 heterocycles. The minimum atomic E-state index is 0.0282. The standard InChI is InChI=1S/C15H31N5O/c1-14(19-6-4-16-5-7-19)15(21)20-12-10-18(11-13-20)9-8-17(2)3/h14,16H,4-13H2,1-3H3. The molecule has 2 aliphatic rings. The minimum absolute atomic E-state index is 0.0282. The Morgan fingerprint density at radius 1 is 1.10 bits per heavy atom. The fraction of sp³-hybridized carbons (Fsp3) is 0.933. The molecule has 1 unspecified atom stereocenters. The molecule has 2 rings (SSSR count). The van der Waals surface area contributed by atoms with Crippen molar-refractivity contribution >= 4 is 5.91 Å². The Morgan fingerprint density at radius 2 is 1.71 bits per heavy atom. The summed E-state index contributed by atoms with van der Waals surface area (Å²) < 4.78 is 0. The van der Waals surface area contributed by atoms with Gasteiger partial charge < -0.3 is 15.1 Å². The van der Waals surface area contributed by atoms with E-state index in [1.54, 1.807) is 0 Å². The Morgan fingerprint density at radius 3 is 2.29 bits per heavy atom. The van der Waals surface area contributed by atoms with Gasteiger partial charge in [-0.1, -0.05) is 0 Å². The lowest BCUT2D eigenvalue weighted by Crippen LogP contribution is -2.57. The van der Waals surface area contributed by atoms with Crippen molar-refractivity contribution in [3.63, 3.8) is 0 Å². The van der Waals surface area contributed by atoms with Crippen molar-refractivity contribution in [2.75, 3.05) is 79.5 Å². The van der Waals surface area contributed by atoms with Gasteiger partial charge in [-0.2, -0.15) is 0 Å². The van der Waals surface area contributed by atoms with E-state index in [0.29, 0.717) is 5.91 Å². The van der Waals surface area contributed by atoms with Gasteiger partial charge in [-0.05, 0) is 21.0 Å². The van der Waals surface area contributed by atoms with Crippen molar-refractivity contribution in [1.82, 2.24) is 24.9 Å². The second kappa shape index (κ2) is 8.08. The molecule has 0 saturated carbocycles. The zero-order valence-corrected chi connectivity index (χ0v) is 13.8. The third-order valence-corrected chi connectivity index (χ3v) is 4.60. The first kappa shape index (κ1) is 16.7. The molecule has 0 bridgehead atoms. The Labute approximate surface area is 129 Å². The largest absolute Gasteiger partial charge is 0.339 e. The zero-order valence-electron chi connectivity index (χ0n) is 13.8. The lowest BCUT2D eigenvalue weighted by molar-refractivity contribution is -0.138. The summed E-state index contributed by atoms with van der Waals surface area (Å²) in [6.45, 7) is 12.0. The first-order valence-corrected chi connectivity index (χ1v) is 8.18. The van der Waals surface area contributed by atoms with E-state index in [9.17, 15) is 4.79 Å². The van der Waals surface area contributed by atoms with E-state index in [4.69, 9.17) is 0 Å². The van der Waals surface area contributed by atoms with Gasteiger partial charge in [0.05, 0.1) is 6.04 Å². The molecule has 2 aliphatic heterocycles. The van der Waals surface area contributed by atoms with E-state index in [-0.39, 0.29) is 6.04 Å². The molecule has 2 saturated heterocycles. The average Bonchev–Trinajstić information content (AvgIpc) is 2.53. The maximum atomic E-state index is 12.6. The third kappa shape index (κ3) is 4.92. The summed E-state index contributed by atoms with van der Waals surface area (Å²) in [6, 6.07) is 0.0282. The van der Waals surface area contributed by atoms with Crippen molar-refractivity contribution in [2.45, 2.75) is 13.0 Å². The second-order valence-electron chi connectivity index (χ2n) is 6.43. The predicted octanol–water partition coefficient (Wildman–Crippen LogP) is -1.01. The quantitative estimate of drug-likeness (QED) is 0.704. The van der Waals surface area contributed by atoms with Crippen molar-refractivity contribution in [3.8, 4) is 0 Å². The molecule has 0 radical (unpaired) electrons. The number of carbonyl (C=O) groups excluding carboxylic acids is 1. The summed E-state index contributed by atoms with van der Waals surface area (Å²) in [5.74, 6) is 0.309. The molecule has 21 heavy (non-hydrogen) atoms. The van der Waals surface area contributed by atoms with E-state index >= 15 is 0 Å². The first-order chi connectivity index (χ1) is 10.1. The van der Waals surface area contributed by atoms with E-state index < -0.39 is 0 Å². The highest BCUT2D eigenvalue weighted by Crippen LogP contribution is 2.09. The molecule has 2 fully saturated rings. The number of amides is 1. The molecule has 1 amide bonds. The summed E-state index contributed by atoms with van der Waals surface area (Å²) in [5.41, 5.74) is 0. The van der Waals surface area contributed by atoms with Crippen LogP contribution in [0.15, 0.2) is 0 Å². The average molecular weight is 297 g/mol. The molecule has 1 N–H and O–H groups in total. The van der Waals surface area contributed by atoms with Crippen LogP contribution >= 0.6 is 0 Å². The van der Waals surface area contributed by atoms with Gasteiger partial charge in [-0.15, -0.1) is 0 Å². The van der Waals surface area contributed by atoms with Crippen LogP contribution < -0.4 is 5.32 Å². The van der Waals surface area contributed by atoms with Crippen LogP contribution in [0.5, 0.6) is 0 Å². The molecule has 0 spiro atoms. The van der Waals surface area contributed by atoms with Crippen LogP contribution in [0, 0.1) is 0 Å². The Balaban J connectivity index is 1.74. The lowest BCUT2D eigenvalue weighted by atomic mass is 10.2. The molecule has 0 aliphatic carbocycles. The molecular weight excluding hydrogens is 266 g/mol. The molecule has 0 aromatic rings. The summed E-state index contributed by atoms with van der Waals surface area (Å²) in [5, 5.41) is 3.34. The maximum absolute atomic E-state index is 12.6. The maximum Gasteiger partial charge on any atom is 0.239 e. The van der Waals surface area contributed by atoms with E-state index in [0.717, 1.165) is 65.4 Å². The molecule has 6 heteroatoms. The zero-order chi connectivity index (χ0) is 15.2. The molecule has 0 aromatic carbocycles. The van der Waals surface area contributed by atoms with Gasteiger partial charge in [0, 0.05) is 65.4 Å². The summed E-state index contributed by atoms with van der Waals surface area (Å²) >= 11 is 0. The predicted molar refractivity (Wildman–Crippen MR) is 85.5 cm³/mol. The highest BCUT2D eigenvalue weighted by molar-refractivity contribution is 5.81. The van der Waals surface area contributed by atoms with Crippen LogP contribution in [-0.2, 0) is 4.79 Å². The fourth-order valence-corrected chi connectivity index (χ4v) is 3.02. The van der Waals surface area contributed by atoms with Gasteiger partial charge in [-0.3, -0.25) is 14.6 Å². The Bertz CT molecular complexity index is 322. The minimum Gasteiger partial charge on any atom is -0.339 e. The van der Waals surface area contributed by atoms with Gasteiger partial charge in [0.1, 0.15) is 0 Å². The second-order valence-corrected chi connectivity index (χ2v) is 6.43. The summed E-state index contributed by atoms with van der Waals surface area (Å²) in [6.07, 6.45) is 0. The Hall–Kier alpha value is -0.690. The normalized spacial score (nSPS) is 23.5. The SMILES string of the molecule is CC(C(=O)N1CCN(CCN(C)C)CC1)N1CCNCC1. The van der Waals surface area contributed by atoms with E-state index in [2.05, 4.69) is 45.9 Å². The number of nitrogens with one attached hydrogen (secondary N) is 1. The molecule has 122 valence electrons. The van der Waals surface area contributed by atoms with Gasteiger partial charge >= 0.3 is 0 Å². The van der Waals surface area contributed by atoms with Crippen molar-refractivity contribution < 1.29 is 4.79 Å². The smallest absolute Gasteiger partial charge is 0.239 e. The molecular formula is C15H31N5O.